The molecule has 0 aliphatic heterocycles. The molecule has 0 spiro atoms. The molecule has 0 radical (unpaired) electrons. The molecule has 0 heterocycles. The van der Waals surface area contributed by atoms with Gasteiger partial charge in [0.2, 0.25) is 0 Å². The first-order valence-corrected chi connectivity index (χ1v) is 5.67. The number of methoxy groups -OCH3 is 1. The lowest BCUT2D eigenvalue weighted by molar-refractivity contribution is -0.115. The summed E-state index contributed by atoms with van der Waals surface area (Å²) < 4.78 is 5.13. The molecule has 1 aliphatic carbocycles. The van der Waals surface area contributed by atoms with Crippen LogP contribution in [-0.2, 0) is 4.79 Å². The normalized spacial score (nSPS) is 14.6. The van der Waals surface area contributed by atoms with Gasteiger partial charge in [0, 0.05) is 17.6 Å². The summed E-state index contributed by atoms with van der Waals surface area (Å²) >= 11 is 0. The Kier molecular flexibility index (Phi) is 3.62. The van der Waals surface area contributed by atoms with Crippen molar-refractivity contribution < 1.29 is 9.53 Å². The number of hydrogen-bond donors (Lipinski definition) is 0. The van der Waals surface area contributed by atoms with Crippen LogP contribution >= 0.6 is 0 Å². The van der Waals surface area contributed by atoms with Crippen molar-refractivity contribution in [3.63, 3.8) is 0 Å². The molecule has 0 N–H and O–H groups in total. The molecule has 1 aromatic rings. The standard InChI is InChI=1S/C15H14O2/c1-17-15-7-3-5-13(11-15)9-8-12-4-2-6-14(16)10-12/h3,5,7,10-11H,2,4,6H2,1H3. The summed E-state index contributed by atoms with van der Waals surface area (Å²) in [5.74, 6) is 7.10. The van der Waals surface area contributed by atoms with Crippen molar-refractivity contribution in [1.82, 2.24) is 0 Å². The number of allylic oxidation sites excluding steroid dienone is 2. The molecule has 0 bridgehead atoms. The summed E-state index contributed by atoms with van der Waals surface area (Å²) in [6.45, 7) is 0. The van der Waals surface area contributed by atoms with Crippen LogP contribution < -0.4 is 4.74 Å². The van der Waals surface area contributed by atoms with Crippen molar-refractivity contribution in [3.05, 3.63) is 41.5 Å². The van der Waals surface area contributed by atoms with Crippen LogP contribution in [0.15, 0.2) is 35.9 Å². The Bertz CT molecular complexity index is 515. The molecule has 2 heteroatoms. The van der Waals surface area contributed by atoms with Gasteiger partial charge in [-0.3, -0.25) is 4.79 Å². The Morgan fingerprint density at radius 1 is 1.24 bits per heavy atom. The maximum atomic E-state index is 11.2. The largest absolute Gasteiger partial charge is 0.497 e. The van der Waals surface area contributed by atoms with Crippen molar-refractivity contribution in [3.8, 4) is 17.6 Å². The van der Waals surface area contributed by atoms with Crippen molar-refractivity contribution in [2.45, 2.75) is 19.3 Å². The third-order valence-corrected chi connectivity index (χ3v) is 2.64. The third-order valence-electron chi connectivity index (χ3n) is 2.64. The second-order valence-electron chi connectivity index (χ2n) is 3.97. The van der Waals surface area contributed by atoms with E-state index in [2.05, 4.69) is 11.8 Å². The predicted molar refractivity (Wildman–Crippen MR) is 66.8 cm³/mol. The smallest absolute Gasteiger partial charge is 0.156 e. The van der Waals surface area contributed by atoms with Gasteiger partial charge in [0.25, 0.3) is 0 Å². The lowest BCUT2D eigenvalue weighted by atomic mass is 9.99. The monoisotopic (exact) mass is 226 g/mol. The summed E-state index contributed by atoms with van der Waals surface area (Å²) in [4.78, 5) is 11.2. The van der Waals surface area contributed by atoms with Crippen LogP contribution in [0, 0.1) is 11.8 Å². The van der Waals surface area contributed by atoms with Gasteiger partial charge in [-0.05, 0) is 37.1 Å². The summed E-state index contributed by atoms with van der Waals surface area (Å²) in [7, 11) is 1.63. The number of rotatable bonds is 1. The van der Waals surface area contributed by atoms with E-state index in [0.29, 0.717) is 6.42 Å². The molecular formula is C15H14O2. The zero-order chi connectivity index (χ0) is 12.1. The summed E-state index contributed by atoms with van der Waals surface area (Å²) in [5.41, 5.74) is 1.84. The lowest BCUT2D eigenvalue weighted by Crippen LogP contribution is -2.01. The van der Waals surface area contributed by atoms with Gasteiger partial charge in [0.1, 0.15) is 5.75 Å². The summed E-state index contributed by atoms with van der Waals surface area (Å²) in [6.07, 6.45) is 4.14. The van der Waals surface area contributed by atoms with E-state index in [9.17, 15) is 4.79 Å². The molecule has 0 saturated carbocycles. The highest BCUT2D eigenvalue weighted by Crippen LogP contribution is 2.15. The van der Waals surface area contributed by atoms with Gasteiger partial charge in [-0.1, -0.05) is 17.9 Å². The first-order valence-electron chi connectivity index (χ1n) is 5.67. The van der Waals surface area contributed by atoms with Crippen molar-refractivity contribution in [1.29, 1.82) is 0 Å². The fourth-order valence-corrected chi connectivity index (χ4v) is 1.74. The minimum absolute atomic E-state index is 0.186. The SMILES string of the molecule is COc1cccc(C#CC2=CC(=O)CCC2)c1. The minimum atomic E-state index is 0.186. The van der Waals surface area contributed by atoms with E-state index in [4.69, 9.17) is 4.74 Å². The quantitative estimate of drug-likeness (QED) is 0.688. The second-order valence-corrected chi connectivity index (χ2v) is 3.97. The number of hydrogen-bond acceptors (Lipinski definition) is 2. The molecule has 0 amide bonds. The van der Waals surface area contributed by atoms with Crippen LogP contribution in [0.2, 0.25) is 0 Å². The maximum Gasteiger partial charge on any atom is 0.156 e. The van der Waals surface area contributed by atoms with E-state index in [1.807, 2.05) is 24.3 Å². The topological polar surface area (TPSA) is 26.3 Å². The Balaban J connectivity index is 2.17. The minimum Gasteiger partial charge on any atom is -0.497 e. The van der Waals surface area contributed by atoms with Crippen molar-refractivity contribution in [2.75, 3.05) is 7.11 Å². The van der Waals surface area contributed by atoms with E-state index in [0.717, 1.165) is 29.7 Å². The number of benzene rings is 1. The summed E-state index contributed by atoms with van der Waals surface area (Å²) in [6, 6.07) is 7.61. The zero-order valence-electron chi connectivity index (χ0n) is 9.82. The number of carbonyl (C=O) groups is 1. The van der Waals surface area contributed by atoms with Crippen LogP contribution in [-0.4, -0.2) is 12.9 Å². The molecule has 0 unspecified atom stereocenters. The average molecular weight is 226 g/mol. The molecule has 0 aromatic heterocycles. The van der Waals surface area contributed by atoms with Gasteiger partial charge in [-0.25, -0.2) is 0 Å². The molecule has 2 rings (SSSR count). The third kappa shape index (κ3) is 3.22. The van der Waals surface area contributed by atoms with E-state index < -0.39 is 0 Å². The highest BCUT2D eigenvalue weighted by atomic mass is 16.5. The molecule has 2 nitrogen and oxygen atoms in total. The Labute approximate surface area is 101 Å². The van der Waals surface area contributed by atoms with Gasteiger partial charge < -0.3 is 4.74 Å². The van der Waals surface area contributed by atoms with Gasteiger partial charge in [-0.2, -0.15) is 0 Å². The molecule has 1 aromatic carbocycles. The van der Waals surface area contributed by atoms with Crippen LogP contribution in [0.5, 0.6) is 5.75 Å². The van der Waals surface area contributed by atoms with E-state index in [1.54, 1.807) is 13.2 Å². The van der Waals surface area contributed by atoms with E-state index >= 15 is 0 Å². The molecule has 0 atom stereocenters. The van der Waals surface area contributed by atoms with Gasteiger partial charge in [0.15, 0.2) is 5.78 Å². The van der Waals surface area contributed by atoms with Crippen molar-refractivity contribution >= 4 is 5.78 Å². The fourth-order valence-electron chi connectivity index (χ4n) is 1.74. The van der Waals surface area contributed by atoms with Crippen LogP contribution in [0.1, 0.15) is 24.8 Å². The van der Waals surface area contributed by atoms with Crippen LogP contribution in [0.3, 0.4) is 0 Å². The van der Waals surface area contributed by atoms with Crippen molar-refractivity contribution in [2.24, 2.45) is 0 Å². The Morgan fingerprint density at radius 2 is 2.12 bits per heavy atom. The molecule has 0 fully saturated rings. The molecule has 86 valence electrons. The highest BCUT2D eigenvalue weighted by Gasteiger charge is 2.07. The van der Waals surface area contributed by atoms with Gasteiger partial charge in [-0.15, -0.1) is 0 Å². The van der Waals surface area contributed by atoms with Crippen LogP contribution in [0.4, 0.5) is 0 Å². The first kappa shape index (κ1) is 11.5. The maximum absolute atomic E-state index is 11.2. The first-order chi connectivity index (χ1) is 8.28. The fraction of sp³-hybridized carbons (Fsp3) is 0.267. The Morgan fingerprint density at radius 3 is 2.88 bits per heavy atom. The van der Waals surface area contributed by atoms with E-state index in [-0.39, 0.29) is 5.78 Å². The Hall–Kier alpha value is -2.01. The lowest BCUT2D eigenvalue weighted by Gasteiger charge is -2.05. The molecular weight excluding hydrogens is 212 g/mol. The molecule has 0 saturated heterocycles. The number of ketones is 1. The summed E-state index contributed by atoms with van der Waals surface area (Å²) in [5, 5.41) is 0. The highest BCUT2D eigenvalue weighted by molar-refractivity contribution is 5.92. The average Bonchev–Trinajstić information content (AvgIpc) is 2.37. The number of carbonyl (C=O) groups excluding carboxylic acids is 1. The zero-order valence-corrected chi connectivity index (χ0v) is 9.82. The predicted octanol–water partition coefficient (Wildman–Crippen LogP) is 2.73. The molecule has 1 aliphatic rings. The van der Waals surface area contributed by atoms with Crippen LogP contribution in [0.25, 0.3) is 0 Å². The second kappa shape index (κ2) is 5.36. The van der Waals surface area contributed by atoms with E-state index in [1.165, 1.54) is 0 Å². The molecule has 17 heavy (non-hydrogen) atoms. The van der Waals surface area contributed by atoms with Gasteiger partial charge >= 0.3 is 0 Å². The van der Waals surface area contributed by atoms with Gasteiger partial charge in [0.05, 0.1) is 7.11 Å². The number of ether oxygens (including phenoxy) is 1.